The number of carbonyl (C=O) groups is 1. The third-order valence-corrected chi connectivity index (χ3v) is 5.89. The monoisotopic (exact) mass is 440 g/mol. The van der Waals surface area contributed by atoms with E-state index in [1.54, 1.807) is 42.1 Å². The fourth-order valence-corrected chi connectivity index (χ4v) is 4.19. The van der Waals surface area contributed by atoms with Crippen molar-refractivity contribution >= 4 is 17.7 Å². The SMILES string of the molecule is COC(=O)C(N)Cc1ccc(Oc2ccc(CC3CNCS3)cc2C(F)(F)F)cc1. The molecule has 1 saturated heterocycles. The Morgan fingerprint density at radius 3 is 2.53 bits per heavy atom. The van der Waals surface area contributed by atoms with Gasteiger partial charge in [-0.05, 0) is 48.2 Å². The zero-order valence-electron chi connectivity index (χ0n) is 16.4. The second-order valence-corrected chi connectivity index (χ2v) is 8.29. The lowest BCUT2D eigenvalue weighted by Gasteiger charge is -2.16. The minimum Gasteiger partial charge on any atom is -0.468 e. The summed E-state index contributed by atoms with van der Waals surface area (Å²) in [6, 6.07) is 9.81. The minimum atomic E-state index is -4.53. The fourth-order valence-electron chi connectivity index (χ4n) is 3.17. The Morgan fingerprint density at radius 2 is 1.93 bits per heavy atom. The van der Waals surface area contributed by atoms with E-state index in [0.29, 0.717) is 12.0 Å². The molecule has 162 valence electrons. The number of hydrogen-bond acceptors (Lipinski definition) is 6. The highest BCUT2D eigenvalue weighted by Crippen LogP contribution is 2.39. The van der Waals surface area contributed by atoms with E-state index in [4.69, 9.17) is 10.5 Å². The molecule has 0 radical (unpaired) electrons. The molecule has 1 heterocycles. The van der Waals surface area contributed by atoms with Crippen LogP contribution in [0.2, 0.25) is 0 Å². The Labute approximate surface area is 177 Å². The number of thioether (sulfide) groups is 1. The van der Waals surface area contributed by atoms with Gasteiger partial charge in [0.15, 0.2) is 0 Å². The summed E-state index contributed by atoms with van der Waals surface area (Å²) in [5.74, 6) is 0.303. The van der Waals surface area contributed by atoms with E-state index in [-0.39, 0.29) is 23.2 Å². The number of esters is 1. The van der Waals surface area contributed by atoms with Crippen molar-refractivity contribution in [2.75, 3.05) is 19.5 Å². The maximum Gasteiger partial charge on any atom is 0.419 e. The van der Waals surface area contributed by atoms with Crippen LogP contribution < -0.4 is 15.8 Å². The van der Waals surface area contributed by atoms with Crippen LogP contribution in [0.15, 0.2) is 42.5 Å². The van der Waals surface area contributed by atoms with Gasteiger partial charge in [-0.1, -0.05) is 18.2 Å². The number of alkyl halides is 3. The van der Waals surface area contributed by atoms with Gasteiger partial charge in [0.1, 0.15) is 17.5 Å². The van der Waals surface area contributed by atoms with Crippen LogP contribution in [-0.2, 0) is 28.5 Å². The number of methoxy groups -OCH3 is 1. The zero-order valence-corrected chi connectivity index (χ0v) is 17.2. The predicted molar refractivity (Wildman–Crippen MR) is 110 cm³/mol. The lowest BCUT2D eigenvalue weighted by atomic mass is 10.0. The summed E-state index contributed by atoms with van der Waals surface area (Å²) in [6.45, 7) is 0.788. The quantitative estimate of drug-likeness (QED) is 0.639. The van der Waals surface area contributed by atoms with Gasteiger partial charge in [0, 0.05) is 17.7 Å². The minimum absolute atomic E-state index is 0.248. The molecule has 1 aliphatic heterocycles. The molecule has 0 aromatic heterocycles. The maximum absolute atomic E-state index is 13.6. The highest BCUT2D eigenvalue weighted by Gasteiger charge is 2.35. The van der Waals surface area contributed by atoms with Crippen molar-refractivity contribution < 1.29 is 27.4 Å². The molecule has 0 amide bonds. The summed E-state index contributed by atoms with van der Waals surface area (Å²) in [4.78, 5) is 11.4. The van der Waals surface area contributed by atoms with Crippen LogP contribution >= 0.6 is 11.8 Å². The lowest BCUT2D eigenvalue weighted by molar-refractivity contribution is -0.142. The van der Waals surface area contributed by atoms with Crippen LogP contribution in [0.5, 0.6) is 11.5 Å². The van der Waals surface area contributed by atoms with Gasteiger partial charge in [0.2, 0.25) is 0 Å². The molecule has 9 heteroatoms. The first kappa shape index (κ1) is 22.5. The number of rotatable bonds is 7. The third-order valence-electron chi connectivity index (χ3n) is 4.72. The van der Waals surface area contributed by atoms with Gasteiger partial charge in [-0.2, -0.15) is 13.2 Å². The van der Waals surface area contributed by atoms with Crippen LogP contribution in [0.1, 0.15) is 16.7 Å². The third kappa shape index (κ3) is 5.90. The van der Waals surface area contributed by atoms with Crippen LogP contribution in [-0.4, -0.2) is 36.8 Å². The normalized spacial score (nSPS) is 17.6. The van der Waals surface area contributed by atoms with E-state index in [1.165, 1.54) is 13.2 Å². The summed E-state index contributed by atoms with van der Waals surface area (Å²) in [6.07, 6.45) is -3.71. The van der Waals surface area contributed by atoms with E-state index in [0.717, 1.165) is 24.1 Å². The van der Waals surface area contributed by atoms with Crippen molar-refractivity contribution in [1.82, 2.24) is 5.32 Å². The largest absolute Gasteiger partial charge is 0.468 e. The summed E-state index contributed by atoms with van der Waals surface area (Å²) >= 11 is 1.70. The average molecular weight is 440 g/mol. The van der Waals surface area contributed by atoms with Gasteiger partial charge in [-0.15, -0.1) is 11.8 Å². The van der Waals surface area contributed by atoms with Gasteiger partial charge in [0.25, 0.3) is 0 Å². The molecule has 2 unspecified atom stereocenters. The molecule has 0 spiro atoms. The average Bonchev–Trinajstić information content (AvgIpc) is 3.22. The van der Waals surface area contributed by atoms with Crippen molar-refractivity contribution in [3.05, 3.63) is 59.2 Å². The van der Waals surface area contributed by atoms with Crippen molar-refractivity contribution in [1.29, 1.82) is 0 Å². The van der Waals surface area contributed by atoms with Gasteiger partial charge in [-0.3, -0.25) is 4.79 Å². The molecule has 0 aliphatic carbocycles. The fraction of sp³-hybridized carbons (Fsp3) is 0.381. The highest BCUT2D eigenvalue weighted by molar-refractivity contribution is 8.00. The second kappa shape index (κ2) is 9.72. The molecule has 1 fully saturated rings. The predicted octanol–water partition coefficient (Wildman–Crippen LogP) is 3.75. The van der Waals surface area contributed by atoms with Crippen molar-refractivity contribution in [2.45, 2.75) is 30.3 Å². The number of ether oxygens (including phenoxy) is 2. The number of benzene rings is 2. The van der Waals surface area contributed by atoms with Crippen LogP contribution in [0.25, 0.3) is 0 Å². The van der Waals surface area contributed by atoms with Crippen molar-refractivity contribution in [3.8, 4) is 11.5 Å². The van der Waals surface area contributed by atoms with E-state index in [9.17, 15) is 18.0 Å². The molecule has 2 aromatic rings. The van der Waals surface area contributed by atoms with Crippen LogP contribution in [0.4, 0.5) is 13.2 Å². The molecule has 2 atom stereocenters. The summed E-state index contributed by atoms with van der Waals surface area (Å²) < 4.78 is 50.9. The Hall–Kier alpha value is -2.23. The molecule has 1 aliphatic rings. The van der Waals surface area contributed by atoms with Gasteiger partial charge in [-0.25, -0.2) is 0 Å². The van der Waals surface area contributed by atoms with Crippen molar-refractivity contribution in [3.63, 3.8) is 0 Å². The molecule has 0 bridgehead atoms. The van der Waals surface area contributed by atoms with Crippen molar-refractivity contribution in [2.24, 2.45) is 5.73 Å². The van der Waals surface area contributed by atoms with Crippen LogP contribution in [0.3, 0.4) is 0 Å². The van der Waals surface area contributed by atoms with E-state index >= 15 is 0 Å². The molecule has 2 aromatic carbocycles. The number of nitrogens with two attached hydrogens (primary N) is 1. The molecule has 0 saturated carbocycles. The van der Waals surface area contributed by atoms with Gasteiger partial charge < -0.3 is 20.5 Å². The Bertz CT molecular complexity index is 869. The molecular weight excluding hydrogens is 417 g/mol. The van der Waals surface area contributed by atoms with Gasteiger partial charge >= 0.3 is 12.1 Å². The molecular formula is C21H23F3N2O3S. The Morgan fingerprint density at radius 1 is 1.23 bits per heavy atom. The number of hydrogen-bond donors (Lipinski definition) is 2. The van der Waals surface area contributed by atoms with E-state index in [1.807, 2.05) is 0 Å². The van der Waals surface area contributed by atoms with E-state index < -0.39 is 23.8 Å². The number of carbonyl (C=O) groups excluding carboxylic acids is 1. The maximum atomic E-state index is 13.6. The first-order valence-corrected chi connectivity index (χ1v) is 10.4. The molecule has 5 nitrogen and oxygen atoms in total. The second-order valence-electron chi connectivity index (χ2n) is 7.00. The molecule has 3 rings (SSSR count). The summed E-state index contributed by atoms with van der Waals surface area (Å²) in [5, 5.41) is 3.46. The lowest BCUT2D eigenvalue weighted by Crippen LogP contribution is -2.33. The molecule has 3 N–H and O–H groups in total. The first-order valence-electron chi connectivity index (χ1n) is 9.39. The number of halogens is 3. The highest BCUT2D eigenvalue weighted by atomic mass is 32.2. The van der Waals surface area contributed by atoms with Crippen LogP contribution in [0, 0.1) is 0 Å². The zero-order chi connectivity index (χ0) is 21.7. The topological polar surface area (TPSA) is 73.6 Å². The smallest absolute Gasteiger partial charge is 0.419 e. The standard InChI is InChI=1S/C21H23F3N2O3S/c1-28-20(27)18(25)10-13-2-5-15(6-3-13)29-19-7-4-14(8-16-11-26-12-30-16)9-17(19)21(22,23)24/h2-7,9,16,18,26H,8,10-12,25H2,1H3. The first-order chi connectivity index (χ1) is 14.3. The Balaban J connectivity index is 1.74. The summed E-state index contributed by atoms with van der Waals surface area (Å²) in [7, 11) is 1.26. The summed E-state index contributed by atoms with van der Waals surface area (Å²) in [5.41, 5.74) is 6.30. The van der Waals surface area contributed by atoms with Gasteiger partial charge in [0.05, 0.1) is 12.7 Å². The Kier molecular flexibility index (Phi) is 7.27. The molecule has 30 heavy (non-hydrogen) atoms. The number of nitrogens with one attached hydrogen (secondary N) is 1. The van der Waals surface area contributed by atoms with E-state index in [2.05, 4.69) is 10.1 Å².